The number of carbonyl (C=O) groups is 2. The number of nitrogens with two attached hydrogens (primary N) is 1. The number of piperidine rings is 1. The standard InChI is InChI=1S/C14H26N2O3/c1-4-8-14(3,15)13(18)16-9-6-11(7-10-16)12(17)19-5-2/h11H,4-10,15H2,1-3H3. The van der Waals surface area contributed by atoms with E-state index < -0.39 is 5.54 Å². The van der Waals surface area contributed by atoms with Gasteiger partial charge in [-0.2, -0.15) is 0 Å². The van der Waals surface area contributed by atoms with Crippen LogP contribution in [0.2, 0.25) is 0 Å². The highest BCUT2D eigenvalue weighted by Crippen LogP contribution is 2.22. The second-order valence-corrected chi connectivity index (χ2v) is 5.49. The molecule has 1 aliphatic rings. The second kappa shape index (κ2) is 6.89. The number of nitrogens with zero attached hydrogens (tertiary/aromatic N) is 1. The fourth-order valence-electron chi connectivity index (χ4n) is 2.57. The van der Waals surface area contributed by atoms with Crippen LogP contribution in [0.4, 0.5) is 0 Å². The van der Waals surface area contributed by atoms with Crippen molar-refractivity contribution in [3.05, 3.63) is 0 Å². The van der Waals surface area contributed by atoms with Crippen LogP contribution in [0.1, 0.15) is 46.5 Å². The molecular weight excluding hydrogens is 244 g/mol. The van der Waals surface area contributed by atoms with E-state index in [-0.39, 0.29) is 17.8 Å². The predicted molar refractivity (Wildman–Crippen MR) is 73.4 cm³/mol. The maximum absolute atomic E-state index is 12.3. The zero-order chi connectivity index (χ0) is 14.5. The monoisotopic (exact) mass is 270 g/mol. The lowest BCUT2D eigenvalue weighted by atomic mass is 9.92. The summed E-state index contributed by atoms with van der Waals surface area (Å²) in [5, 5.41) is 0. The van der Waals surface area contributed by atoms with E-state index in [2.05, 4.69) is 0 Å². The van der Waals surface area contributed by atoms with E-state index in [1.807, 2.05) is 6.92 Å². The van der Waals surface area contributed by atoms with Crippen LogP contribution in [0.5, 0.6) is 0 Å². The summed E-state index contributed by atoms with van der Waals surface area (Å²) in [4.78, 5) is 25.7. The topological polar surface area (TPSA) is 72.6 Å². The molecule has 1 amide bonds. The molecule has 1 saturated heterocycles. The van der Waals surface area contributed by atoms with Crippen molar-refractivity contribution >= 4 is 11.9 Å². The van der Waals surface area contributed by atoms with Crippen LogP contribution in [0, 0.1) is 5.92 Å². The quantitative estimate of drug-likeness (QED) is 0.764. The maximum atomic E-state index is 12.3. The van der Waals surface area contributed by atoms with Crippen molar-refractivity contribution in [2.24, 2.45) is 11.7 Å². The molecule has 0 aromatic heterocycles. The molecule has 1 unspecified atom stereocenters. The molecule has 0 aromatic carbocycles. The summed E-state index contributed by atoms with van der Waals surface area (Å²) in [6, 6.07) is 0. The number of ether oxygens (including phenoxy) is 1. The van der Waals surface area contributed by atoms with Gasteiger partial charge in [0, 0.05) is 13.1 Å². The van der Waals surface area contributed by atoms with Crippen LogP contribution < -0.4 is 5.73 Å². The summed E-state index contributed by atoms with van der Waals surface area (Å²) in [6.07, 6.45) is 2.92. The van der Waals surface area contributed by atoms with Gasteiger partial charge in [0.25, 0.3) is 0 Å². The Bertz CT molecular complexity index is 321. The number of rotatable bonds is 5. The Labute approximate surface area is 115 Å². The average Bonchev–Trinajstić information content (AvgIpc) is 2.38. The third-order valence-corrected chi connectivity index (χ3v) is 3.66. The van der Waals surface area contributed by atoms with Gasteiger partial charge >= 0.3 is 5.97 Å². The Balaban J connectivity index is 2.49. The van der Waals surface area contributed by atoms with Gasteiger partial charge in [0.15, 0.2) is 0 Å². The van der Waals surface area contributed by atoms with Crippen LogP contribution in [-0.2, 0) is 14.3 Å². The highest BCUT2D eigenvalue weighted by Gasteiger charge is 2.35. The molecule has 0 aromatic rings. The molecular formula is C14H26N2O3. The summed E-state index contributed by atoms with van der Waals surface area (Å²) < 4.78 is 5.02. The van der Waals surface area contributed by atoms with Crippen molar-refractivity contribution in [3.63, 3.8) is 0 Å². The zero-order valence-corrected chi connectivity index (χ0v) is 12.3. The Hall–Kier alpha value is -1.10. The minimum absolute atomic E-state index is 0.00309. The summed E-state index contributed by atoms with van der Waals surface area (Å²) in [5.41, 5.74) is 5.27. The van der Waals surface area contributed by atoms with Gasteiger partial charge in [-0.1, -0.05) is 13.3 Å². The van der Waals surface area contributed by atoms with Gasteiger partial charge in [0.2, 0.25) is 5.91 Å². The molecule has 0 bridgehead atoms. The van der Waals surface area contributed by atoms with Crippen molar-refractivity contribution in [1.29, 1.82) is 0 Å². The fourth-order valence-corrected chi connectivity index (χ4v) is 2.57. The third-order valence-electron chi connectivity index (χ3n) is 3.66. The molecule has 1 rings (SSSR count). The first-order valence-corrected chi connectivity index (χ1v) is 7.17. The van der Waals surface area contributed by atoms with Crippen LogP contribution in [-0.4, -0.2) is 42.0 Å². The van der Waals surface area contributed by atoms with Gasteiger partial charge < -0.3 is 15.4 Å². The first kappa shape index (κ1) is 16.0. The number of esters is 1. The van der Waals surface area contributed by atoms with E-state index in [0.717, 1.165) is 6.42 Å². The molecule has 0 saturated carbocycles. The Morgan fingerprint density at radius 1 is 1.32 bits per heavy atom. The van der Waals surface area contributed by atoms with Gasteiger partial charge in [-0.15, -0.1) is 0 Å². The van der Waals surface area contributed by atoms with Crippen molar-refractivity contribution in [3.8, 4) is 0 Å². The summed E-state index contributed by atoms with van der Waals surface area (Å²) in [6.45, 7) is 7.22. The molecule has 5 heteroatoms. The first-order valence-electron chi connectivity index (χ1n) is 7.17. The summed E-state index contributed by atoms with van der Waals surface area (Å²) in [5.74, 6) is -0.213. The number of amides is 1. The van der Waals surface area contributed by atoms with Crippen molar-refractivity contribution in [2.45, 2.75) is 52.0 Å². The molecule has 0 radical (unpaired) electrons. The Morgan fingerprint density at radius 2 is 1.89 bits per heavy atom. The lowest BCUT2D eigenvalue weighted by molar-refractivity contribution is -0.152. The second-order valence-electron chi connectivity index (χ2n) is 5.49. The van der Waals surface area contributed by atoms with Crippen molar-refractivity contribution < 1.29 is 14.3 Å². The highest BCUT2D eigenvalue weighted by atomic mass is 16.5. The highest BCUT2D eigenvalue weighted by molar-refractivity contribution is 5.86. The summed E-state index contributed by atoms with van der Waals surface area (Å²) in [7, 11) is 0. The Morgan fingerprint density at radius 3 is 2.37 bits per heavy atom. The average molecular weight is 270 g/mol. The van der Waals surface area contributed by atoms with Gasteiger partial charge in [-0.3, -0.25) is 9.59 Å². The van der Waals surface area contributed by atoms with E-state index >= 15 is 0 Å². The van der Waals surface area contributed by atoms with Gasteiger partial charge in [0.1, 0.15) is 0 Å². The molecule has 1 heterocycles. The van der Waals surface area contributed by atoms with Gasteiger partial charge in [-0.25, -0.2) is 0 Å². The minimum Gasteiger partial charge on any atom is -0.466 e. The maximum Gasteiger partial charge on any atom is 0.309 e. The van der Waals surface area contributed by atoms with Gasteiger partial charge in [-0.05, 0) is 33.1 Å². The van der Waals surface area contributed by atoms with E-state index in [1.165, 1.54) is 0 Å². The lowest BCUT2D eigenvalue weighted by Crippen LogP contribution is -2.55. The van der Waals surface area contributed by atoms with E-state index in [0.29, 0.717) is 39.0 Å². The molecule has 19 heavy (non-hydrogen) atoms. The molecule has 110 valence electrons. The molecule has 0 aliphatic carbocycles. The van der Waals surface area contributed by atoms with Crippen molar-refractivity contribution in [1.82, 2.24) is 4.90 Å². The molecule has 5 nitrogen and oxygen atoms in total. The molecule has 1 aliphatic heterocycles. The third kappa shape index (κ3) is 4.20. The normalized spacial score (nSPS) is 19.9. The lowest BCUT2D eigenvalue weighted by Gasteiger charge is -2.36. The molecule has 2 N–H and O–H groups in total. The van der Waals surface area contributed by atoms with E-state index in [9.17, 15) is 9.59 Å². The first-order chi connectivity index (χ1) is 8.92. The molecule has 0 spiro atoms. The smallest absolute Gasteiger partial charge is 0.309 e. The Kier molecular flexibility index (Phi) is 5.79. The number of hydrogen-bond acceptors (Lipinski definition) is 4. The van der Waals surface area contributed by atoms with Crippen LogP contribution in [0.25, 0.3) is 0 Å². The number of hydrogen-bond donors (Lipinski definition) is 1. The number of carbonyl (C=O) groups excluding carboxylic acids is 2. The van der Waals surface area contributed by atoms with Crippen LogP contribution in [0.3, 0.4) is 0 Å². The molecule has 1 fully saturated rings. The molecule has 1 atom stereocenters. The van der Waals surface area contributed by atoms with Crippen LogP contribution in [0.15, 0.2) is 0 Å². The largest absolute Gasteiger partial charge is 0.466 e. The number of likely N-dealkylation sites (tertiary alicyclic amines) is 1. The summed E-state index contributed by atoms with van der Waals surface area (Å²) >= 11 is 0. The van der Waals surface area contributed by atoms with E-state index in [1.54, 1.807) is 18.7 Å². The fraction of sp³-hybridized carbons (Fsp3) is 0.857. The minimum atomic E-state index is -0.786. The SMILES string of the molecule is CCCC(C)(N)C(=O)N1CCC(C(=O)OCC)CC1. The predicted octanol–water partition coefficient (Wildman–Crippen LogP) is 1.31. The van der Waals surface area contributed by atoms with E-state index in [4.69, 9.17) is 10.5 Å². The zero-order valence-electron chi connectivity index (χ0n) is 12.3. The van der Waals surface area contributed by atoms with Crippen LogP contribution >= 0.6 is 0 Å². The van der Waals surface area contributed by atoms with Crippen molar-refractivity contribution in [2.75, 3.05) is 19.7 Å². The van der Waals surface area contributed by atoms with Gasteiger partial charge in [0.05, 0.1) is 18.1 Å².